The number of ether oxygens (including phenoxy) is 4. The van der Waals surface area contributed by atoms with E-state index >= 15 is 0 Å². The molecule has 3 aromatic carbocycles. The van der Waals surface area contributed by atoms with Crippen molar-refractivity contribution in [1.29, 1.82) is 0 Å². The fourth-order valence-corrected chi connectivity index (χ4v) is 5.78. The van der Waals surface area contributed by atoms with Crippen LogP contribution in [0.15, 0.2) is 65.3 Å². The number of carbonyl (C=O) groups is 1. The van der Waals surface area contributed by atoms with Crippen LogP contribution >= 0.6 is 15.9 Å². The molecule has 10 heteroatoms. The van der Waals surface area contributed by atoms with Gasteiger partial charge in [0.05, 0.1) is 27.0 Å². The first-order valence-corrected chi connectivity index (χ1v) is 14.2. The number of aliphatic carboxylic acids is 1. The van der Waals surface area contributed by atoms with Crippen LogP contribution in [0.25, 0.3) is 10.9 Å². The number of anilines is 1. The molecule has 1 aliphatic heterocycles. The number of para-hydroxylation sites is 2. The summed E-state index contributed by atoms with van der Waals surface area (Å²) in [6.45, 7) is 2.56. The molecule has 0 radical (unpaired) electrons. The maximum Gasteiger partial charge on any atom is 0.327 e. The number of rotatable bonds is 11. The Hall–Kier alpha value is -3.89. The maximum atomic E-state index is 12.5. The third kappa shape index (κ3) is 6.23. The predicted molar refractivity (Wildman–Crippen MR) is 162 cm³/mol. The van der Waals surface area contributed by atoms with Crippen LogP contribution in [0.2, 0.25) is 0 Å². The highest BCUT2D eigenvalue weighted by Gasteiger charge is 2.34. The van der Waals surface area contributed by atoms with Gasteiger partial charge in [0, 0.05) is 53.3 Å². The molecule has 2 N–H and O–H groups in total. The van der Waals surface area contributed by atoms with Gasteiger partial charge in [0.2, 0.25) is 5.75 Å². The van der Waals surface area contributed by atoms with Gasteiger partial charge >= 0.3 is 5.97 Å². The second-order valence-electron chi connectivity index (χ2n) is 9.89. The first kappa shape index (κ1) is 28.6. The van der Waals surface area contributed by atoms with Crippen molar-refractivity contribution in [3.63, 3.8) is 0 Å². The van der Waals surface area contributed by atoms with Gasteiger partial charge in [-0.05, 0) is 55.3 Å². The van der Waals surface area contributed by atoms with Gasteiger partial charge in [0.1, 0.15) is 11.8 Å². The number of nitrogens with one attached hydrogen (secondary N) is 1. The molecule has 0 amide bonds. The lowest BCUT2D eigenvalue weighted by molar-refractivity contribution is -0.139. The van der Waals surface area contributed by atoms with Gasteiger partial charge in [-0.2, -0.15) is 0 Å². The number of aromatic amines is 1. The van der Waals surface area contributed by atoms with Gasteiger partial charge in [0.25, 0.3) is 0 Å². The van der Waals surface area contributed by atoms with Crippen LogP contribution < -0.4 is 23.8 Å². The van der Waals surface area contributed by atoms with Crippen LogP contribution in [0.3, 0.4) is 0 Å². The van der Waals surface area contributed by atoms with Gasteiger partial charge in [-0.3, -0.25) is 4.90 Å². The topological polar surface area (TPSA) is 96.5 Å². The number of carboxylic acid groups (broad SMARTS) is 1. The summed E-state index contributed by atoms with van der Waals surface area (Å²) in [5.41, 5.74) is 3.11. The Balaban J connectivity index is 1.29. The van der Waals surface area contributed by atoms with Gasteiger partial charge in [0.15, 0.2) is 17.2 Å². The van der Waals surface area contributed by atoms with Gasteiger partial charge in [-0.25, -0.2) is 4.79 Å². The molecule has 9 nitrogen and oxygen atoms in total. The highest BCUT2D eigenvalue weighted by Crippen LogP contribution is 2.43. The highest BCUT2D eigenvalue weighted by molar-refractivity contribution is 9.10. The molecule has 1 unspecified atom stereocenters. The Bertz CT molecular complexity index is 1500. The number of benzene rings is 3. The zero-order valence-corrected chi connectivity index (χ0v) is 24.9. The van der Waals surface area contributed by atoms with Crippen LogP contribution in [0, 0.1) is 0 Å². The maximum absolute atomic E-state index is 12.5. The Morgan fingerprint density at radius 1 is 1.00 bits per heavy atom. The van der Waals surface area contributed by atoms with Crippen LogP contribution in [0.1, 0.15) is 12.0 Å². The van der Waals surface area contributed by atoms with E-state index in [2.05, 4.69) is 44.1 Å². The number of fused-ring (bicyclic) bond motifs is 1. The van der Waals surface area contributed by atoms with Gasteiger partial charge in [-0.1, -0.05) is 28.1 Å². The van der Waals surface area contributed by atoms with Crippen LogP contribution in [0.4, 0.5) is 5.69 Å². The number of hydrogen-bond acceptors (Lipinski definition) is 7. The molecular weight excluding hydrogens is 590 g/mol. The highest BCUT2D eigenvalue weighted by atomic mass is 79.9. The third-order valence-corrected chi connectivity index (χ3v) is 7.93. The molecule has 216 valence electrons. The van der Waals surface area contributed by atoms with Crippen molar-refractivity contribution in [3.05, 3.63) is 70.8 Å². The Morgan fingerprint density at radius 2 is 1.76 bits per heavy atom. The SMILES string of the molecule is COc1cc(Oc2ccccc2N2CCN(CCCc3c[nH]c4ccc(Br)cc34)CC2C(=O)O)cc(OC)c1OC. The molecular formula is C31H34BrN3O6. The third-order valence-electron chi connectivity index (χ3n) is 7.44. The summed E-state index contributed by atoms with van der Waals surface area (Å²) in [6.07, 6.45) is 3.92. The number of nitrogens with zero attached hydrogens (tertiary/aromatic N) is 2. The molecule has 1 fully saturated rings. The van der Waals surface area contributed by atoms with E-state index in [0.29, 0.717) is 41.8 Å². The Kier molecular flexibility index (Phi) is 8.90. The number of aryl methyl sites for hydroxylation is 1. The molecule has 2 heterocycles. The van der Waals surface area contributed by atoms with E-state index in [4.69, 9.17) is 18.9 Å². The minimum Gasteiger partial charge on any atom is -0.493 e. The van der Waals surface area contributed by atoms with Crippen molar-refractivity contribution in [2.45, 2.75) is 18.9 Å². The number of piperazine rings is 1. The van der Waals surface area contributed by atoms with Crippen molar-refractivity contribution in [2.24, 2.45) is 0 Å². The van der Waals surface area contributed by atoms with Crippen molar-refractivity contribution in [1.82, 2.24) is 9.88 Å². The van der Waals surface area contributed by atoms with E-state index < -0.39 is 12.0 Å². The lowest BCUT2D eigenvalue weighted by atomic mass is 10.1. The molecule has 4 aromatic rings. The molecule has 0 spiro atoms. The summed E-state index contributed by atoms with van der Waals surface area (Å²) in [4.78, 5) is 20.0. The van der Waals surface area contributed by atoms with Crippen molar-refractivity contribution in [3.8, 4) is 28.7 Å². The van der Waals surface area contributed by atoms with Crippen molar-refractivity contribution >= 4 is 38.5 Å². The second kappa shape index (κ2) is 12.7. The first-order valence-electron chi connectivity index (χ1n) is 13.5. The lowest BCUT2D eigenvalue weighted by Crippen LogP contribution is -2.56. The van der Waals surface area contributed by atoms with Crippen LogP contribution in [-0.4, -0.2) is 74.5 Å². The van der Waals surface area contributed by atoms with E-state index in [1.165, 1.54) is 10.9 Å². The zero-order chi connectivity index (χ0) is 28.9. The van der Waals surface area contributed by atoms with E-state index in [-0.39, 0.29) is 0 Å². The van der Waals surface area contributed by atoms with E-state index in [1.54, 1.807) is 33.5 Å². The monoisotopic (exact) mass is 623 g/mol. The lowest BCUT2D eigenvalue weighted by Gasteiger charge is -2.41. The molecule has 1 atom stereocenters. The summed E-state index contributed by atoms with van der Waals surface area (Å²) < 4.78 is 23.7. The van der Waals surface area contributed by atoms with Crippen LogP contribution in [-0.2, 0) is 11.2 Å². The molecule has 0 bridgehead atoms. The van der Waals surface area contributed by atoms with Gasteiger partial charge < -0.3 is 33.9 Å². The molecule has 1 aliphatic rings. The number of H-pyrrole nitrogens is 1. The number of carboxylic acids is 1. The first-order chi connectivity index (χ1) is 19.9. The minimum absolute atomic E-state index is 0.424. The van der Waals surface area contributed by atoms with Gasteiger partial charge in [-0.15, -0.1) is 0 Å². The molecule has 1 aromatic heterocycles. The largest absolute Gasteiger partial charge is 0.493 e. The van der Waals surface area contributed by atoms with E-state index in [9.17, 15) is 9.90 Å². The Labute approximate surface area is 247 Å². The Morgan fingerprint density at radius 3 is 2.46 bits per heavy atom. The minimum atomic E-state index is -0.862. The summed E-state index contributed by atoms with van der Waals surface area (Å²) in [5.74, 6) is 1.58. The molecule has 0 saturated carbocycles. The fraction of sp³-hybridized carbons (Fsp3) is 0.323. The van der Waals surface area contributed by atoms with E-state index in [0.717, 1.165) is 41.6 Å². The molecule has 1 saturated heterocycles. The van der Waals surface area contributed by atoms with Crippen molar-refractivity contribution in [2.75, 3.05) is 52.4 Å². The summed E-state index contributed by atoms with van der Waals surface area (Å²) in [5, 5.41) is 11.4. The summed E-state index contributed by atoms with van der Waals surface area (Å²) in [6, 6.07) is 16.5. The van der Waals surface area contributed by atoms with E-state index in [1.807, 2.05) is 35.2 Å². The predicted octanol–water partition coefficient (Wildman–Crippen LogP) is 5.96. The zero-order valence-electron chi connectivity index (χ0n) is 23.4. The normalized spacial score (nSPS) is 15.6. The van der Waals surface area contributed by atoms with Crippen LogP contribution in [0.5, 0.6) is 28.7 Å². The summed E-state index contributed by atoms with van der Waals surface area (Å²) in [7, 11) is 4.64. The number of methoxy groups -OCH3 is 3. The second-order valence-corrected chi connectivity index (χ2v) is 10.8. The quantitative estimate of drug-likeness (QED) is 0.211. The smallest absolute Gasteiger partial charge is 0.327 e. The molecule has 5 rings (SSSR count). The number of hydrogen-bond donors (Lipinski definition) is 2. The molecule has 41 heavy (non-hydrogen) atoms. The fourth-order valence-electron chi connectivity index (χ4n) is 5.42. The summed E-state index contributed by atoms with van der Waals surface area (Å²) >= 11 is 3.56. The average molecular weight is 625 g/mol. The number of aromatic nitrogens is 1. The number of halogens is 1. The molecule has 0 aliphatic carbocycles. The average Bonchev–Trinajstić information content (AvgIpc) is 3.38. The standard InChI is InChI=1S/C31H34BrN3O6/c1-38-28-16-22(17-29(39-2)30(28)40-3)41-27-9-5-4-8-25(27)35-14-13-34(19-26(35)31(36)37)12-6-7-20-18-33-24-11-10-21(32)15-23(20)24/h4-5,8-11,15-18,26,33H,6-7,12-14,19H2,1-3H3,(H,36,37). The van der Waals surface area contributed by atoms with Crippen molar-refractivity contribution < 1.29 is 28.8 Å².